The zero-order chi connectivity index (χ0) is 16.1. The fraction of sp³-hybridized carbons (Fsp3) is 0.526. The first-order chi connectivity index (χ1) is 11.1. The van der Waals surface area contributed by atoms with Crippen LogP contribution in [0.2, 0.25) is 0 Å². The van der Waals surface area contributed by atoms with E-state index in [1.807, 2.05) is 11.8 Å². The highest BCUT2D eigenvalue weighted by Crippen LogP contribution is 2.31. The number of benzene rings is 1. The monoisotopic (exact) mass is 312 g/mol. The summed E-state index contributed by atoms with van der Waals surface area (Å²) >= 11 is 0. The van der Waals surface area contributed by atoms with E-state index in [1.165, 1.54) is 24.9 Å². The van der Waals surface area contributed by atoms with Crippen LogP contribution in [0, 0.1) is 20.8 Å². The van der Waals surface area contributed by atoms with Crippen LogP contribution in [0.1, 0.15) is 40.1 Å². The normalized spacial score (nSPS) is 21.9. The number of nitrogens with zero attached hydrogens (tertiary/aromatic N) is 2. The summed E-state index contributed by atoms with van der Waals surface area (Å²) in [5.74, 6) is 0.586. The molecule has 0 aliphatic carbocycles. The van der Waals surface area contributed by atoms with Gasteiger partial charge in [0.2, 0.25) is 0 Å². The summed E-state index contributed by atoms with van der Waals surface area (Å²) in [5, 5.41) is 1.07. The quantitative estimate of drug-likeness (QED) is 0.811. The summed E-state index contributed by atoms with van der Waals surface area (Å²) in [7, 11) is 0. The van der Waals surface area contributed by atoms with Gasteiger partial charge in [-0.1, -0.05) is 12.1 Å². The van der Waals surface area contributed by atoms with Gasteiger partial charge in [-0.05, 0) is 51.3 Å². The molecule has 0 spiro atoms. The van der Waals surface area contributed by atoms with Gasteiger partial charge >= 0.3 is 0 Å². The third kappa shape index (κ3) is 2.27. The fourth-order valence-electron chi connectivity index (χ4n) is 4.04. The number of rotatable bonds is 1. The molecule has 23 heavy (non-hydrogen) atoms. The molecular formula is C19H24N2O2. The van der Waals surface area contributed by atoms with Crippen molar-refractivity contribution in [2.75, 3.05) is 26.2 Å². The molecule has 2 fully saturated rings. The number of carbonyl (C=O) groups is 1. The topological polar surface area (TPSA) is 36.7 Å². The molecule has 3 heterocycles. The van der Waals surface area contributed by atoms with E-state index < -0.39 is 0 Å². The number of furan rings is 1. The van der Waals surface area contributed by atoms with Gasteiger partial charge in [-0.2, -0.15) is 0 Å². The number of carbonyl (C=O) groups excluding carboxylic acids is 1. The number of hydrogen-bond donors (Lipinski definition) is 0. The predicted octanol–water partition coefficient (Wildman–Crippen LogP) is 3.28. The standard InChI is InChI=1S/C19H24N2O2/c1-12-6-7-16-14(3)18(23-17(16)13(12)2)19(22)21-10-9-20-8-4-5-15(20)11-21/h6-7,15H,4-5,8-11H2,1-3H3/t15-/m1/s1. The van der Waals surface area contributed by atoms with Crippen LogP contribution >= 0.6 is 0 Å². The molecule has 4 heteroatoms. The Labute approximate surface area is 137 Å². The summed E-state index contributed by atoms with van der Waals surface area (Å²) in [6, 6.07) is 4.72. The number of piperazine rings is 1. The van der Waals surface area contributed by atoms with Gasteiger partial charge in [-0.25, -0.2) is 0 Å². The number of fused-ring (bicyclic) bond motifs is 2. The summed E-state index contributed by atoms with van der Waals surface area (Å²) in [5.41, 5.74) is 4.17. The van der Waals surface area contributed by atoms with Crippen LogP contribution in [0.4, 0.5) is 0 Å². The minimum atomic E-state index is 0.0577. The van der Waals surface area contributed by atoms with Gasteiger partial charge < -0.3 is 9.32 Å². The first-order valence-corrected chi connectivity index (χ1v) is 8.59. The maximum Gasteiger partial charge on any atom is 0.289 e. The lowest BCUT2D eigenvalue weighted by atomic mass is 10.0. The van der Waals surface area contributed by atoms with Crippen LogP contribution in [0.15, 0.2) is 16.5 Å². The summed E-state index contributed by atoms with van der Waals surface area (Å²) in [6.45, 7) is 9.97. The van der Waals surface area contributed by atoms with Crippen molar-refractivity contribution in [2.45, 2.75) is 39.7 Å². The summed E-state index contributed by atoms with van der Waals surface area (Å²) < 4.78 is 6.03. The molecule has 0 saturated carbocycles. The van der Waals surface area contributed by atoms with Gasteiger partial charge in [0.05, 0.1) is 0 Å². The minimum Gasteiger partial charge on any atom is -0.450 e. The smallest absolute Gasteiger partial charge is 0.289 e. The summed E-state index contributed by atoms with van der Waals surface area (Å²) in [6.07, 6.45) is 2.47. The average molecular weight is 312 g/mol. The van der Waals surface area contributed by atoms with Crippen molar-refractivity contribution >= 4 is 16.9 Å². The lowest BCUT2D eigenvalue weighted by molar-refractivity contribution is 0.0543. The predicted molar refractivity (Wildman–Crippen MR) is 90.9 cm³/mol. The minimum absolute atomic E-state index is 0.0577. The number of hydrogen-bond acceptors (Lipinski definition) is 3. The van der Waals surface area contributed by atoms with Crippen molar-refractivity contribution in [1.29, 1.82) is 0 Å². The highest BCUT2D eigenvalue weighted by molar-refractivity contribution is 5.99. The molecule has 2 aliphatic heterocycles. The molecule has 0 radical (unpaired) electrons. The Bertz CT molecular complexity index is 777. The van der Waals surface area contributed by atoms with Gasteiger partial charge in [0.1, 0.15) is 5.58 Å². The van der Waals surface area contributed by atoms with Crippen LogP contribution in [0.25, 0.3) is 11.0 Å². The Morgan fingerprint density at radius 2 is 1.96 bits per heavy atom. The third-order valence-corrected chi connectivity index (χ3v) is 5.69. The molecular weight excluding hydrogens is 288 g/mol. The SMILES string of the molecule is Cc1ccc2c(C)c(C(=O)N3CCN4CCC[C@@H]4C3)oc2c1C. The zero-order valence-corrected chi connectivity index (χ0v) is 14.2. The molecule has 2 aromatic rings. The van der Waals surface area contributed by atoms with Crippen molar-refractivity contribution < 1.29 is 9.21 Å². The molecule has 1 aromatic heterocycles. The van der Waals surface area contributed by atoms with Crippen LogP contribution < -0.4 is 0 Å². The molecule has 2 aliphatic rings. The van der Waals surface area contributed by atoms with Crippen LogP contribution in [0.3, 0.4) is 0 Å². The van der Waals surface area contributed by atoms with Crippen LogP contribution in [-0.2, 0) is 0 Å². The molecule has 0 N–H and O–H groups in total. The molecule has 0 unspecified atom stereocenters. The molecule has 4 rings (SSSR count). The number of amides is 1. The molecule has 122 valence electrons. The van der Waals surface area contributed by atoms with Crippen LogP contribution in [-0.4, -0.2) is 47.9 Å². The zero-order valence-electron chi connectivity index (χ0n) is 14.2. The van der Waals surface area contributed by atoms with Crippen molar-refractivity contribution in [1.82, 2.24) is 9.80 Å². The highest BCUT2D eigenvalue weighted by Gasteiger charge is 2.34. The van der Waals surface area contributed by atoms with Gasteiger partial charge in [0.15, 0.2) is 5.76 Å². The first-order valence-electron chi connectivity index (χ1n) is 8.59. The lowest BCUT2D eigenvalue weighted by Gasteiger charge is -2.37. The van der Waals surface area contributed by atoms with Crippen molar-refractivity contribution in [3.8, 4) is 0 Å². The highest BCUT2D eigenvalue weighted by atomic mass is 16.3. The first kappa shape index (κ1) is 14.8. The average Bonchev–Trinajstić information content (AvgIpc) is 3.14. The van der Waals surface area contributed by atoms with E-state index in [4.69, 9.17) is 4.42 Å². The van der Waals surface area contributed by atoms with Gasteiger partial charge in [-0.15, -0.1) is 0 Å². The Morgan fingerprint density at radius 1 is 1.13 bits per heavy atom. The maximum absolute atomic E-state index is 13.0. The molecule has 4 nitrogen and oxygen atoms in total. The van der Waals surface area contributed by atoms with E-state index >= 15 is 0 Å². The van der Waals surface area contributed by atoms with E-state index in [-0.39, 0.29) is 5.91 Å². The van der Waals surface area contributed by atoms with Crippen molar-refractivity contribution in [3.05, 3.63) is 34.6 Å². The maximum atomic E-state index is 13.0. The largest absolute Gasteiger partial charge is 0.450 e. The van der Waals surface area contributed by atoms with Gasteiger partial charge in [-0.3, -0.25) is 9.69 Å². The Balaban J connectivity index is 1.67. The van der Waals surface area contributed by atoms with E-state index in [9.17, 15) is 4.79 Å². The van der Waals surface area contributed by atoms with Gasteiger partial charge in [0, 0.05) is 36.6 Å². The van der Waals surface area contributed by atoms with Crippen molar-refractivity contribution in [3.63, 3.8) is 0 Å². The second-order valence-corrected chi connectivity index (χ2v) is 7.02. The third-order valence-electron chi connectivity index (χ3n) is 5.69. The Morgan fingerprint density at radius 3 is 2.78 bits per heavy atom. The molecule has 2 saturated heterocycles. The van der Waals surface area contributed by atoms with Gasteiger partial charge in [0.25, 0.3) is 5.91 Å². The second kappa shape index (κ2) is 5.38. The van der Waals surface area contributed by atoms with Crippen molar-refractivity contribution in [2.24, 2.45) is 0 Å². The summed E-state index contributed by atoms with van der Waals surface area (Å²) in [4.78, 5) is 17.5. The molecule has 1 aromatic carbocycles. The lowest BCUT2D eigenvalue weighted by Crippen LogP contribution is -2.52. The van der Waals surface area contributed by atoms with Crippen LogP contribution in [0.5, 0.6) is 0 Å². The van der Waals surface area contributed by atoms with E-state index in [0.29, 0.717) is 11.8 Å². The second-order valence-electron chi connectivity index (χ2n) is 7.02. The van der Waals surface area contributed by atoms with E-state index in [0.717, 1.165) is 41.7 Å². The Kier molecular flexibility index (Phi) is 3.45. The molecule has 1 amide bonds. The van der Waals surface area contributed by atoms with E-state index in [2.05, 4.69) is 30.9 Å². The Hall–Kier alpha value is -1.81. The van der Waals surface area contributed by atoms with E-state index in [1.54, 1.807) is 0 Å². The molecule has 1 atom stereocenters. The molecule has 0 bridgehead atoms. The fourth-order valence-corrected chi connectivity index (χ4v) is 4.04. The number of aryl methyl sites for hydroxylation is 3.